The Labute approximate surface area is 142 Å². The molecule has 1 aromatic rings. The molecule has 4 saturated carbocycles. The summed E-state index contributed by atoms with van der Waals surface area (Å²) in [5, 5.41) is 9.02. The van der Waals surface area contributed by atoms with Crippen molar-refractivity contribution in [3.05, 3.63) is 5.82 Å². The van der Waals surface area contributed by atoms with Crippen LogP contribution in [0.2, 0.25) is 0 Å². The van der Waals surface area contributed by atoms with E-state index in [2.05, 4.69) is 22.5 Å². The second-order valence-electron chi connectivity index (χ2n) is 7.93. The summed E-state index contributed by atoms with van der Waals surface area (Å²) in [7, 11) is 0. The van der Waals surface area contributed by atoms with Crippen LogP contribution in [-0.2, 0) is 4.79 Å². The fourth-order valence-corrected chi connectivity index (χ4v) is 6.37. The topological polar surface area (TPSA) is 59.8 Å². The van der Waals surface area contributed by atoms with E-state index in [-0.39, 0.29) is 11.3 Å². The van der Waals surface area contributed by atoms with Gasteiger partial charge in [-0.1, -0.05) is 18.7 Å². The van der Waals surface area contributed by atoms with Crippen molar-refractivity contribution < 1.29 is 4.79 Å². The molecule has 0 atom stereocenters. The van der Waals surface area contributed by atoms with Crippen LogP contribution in [-0.4, -0.2) is 26.5 Å². The van der Waals surface area contributed by atoms with Gasteiger partial charge in [-0.15, -0.1) is 10.2 Å². The Bertz CT molecular complexity index is 576. The first-order chi connectivity index (χ1) is 11.1. The number of nitrogens with zero attached hydrogens (tertiary/aromatic N) is 3. The molecule has 0 aliphatic heterocycles. The van der Waals surface area contributed by atoms with E-state index < -0.39 is 0 Å². The molecule has 4 aliphatic carbocycles. The lowest BCUT2D eigenvalue weighted by atomic mass is 9.49. The molecule has 5 nitrogen and oxygen atoms in total. The van der Waals surface area contributed by atoms with Crippen LogP contribution in [0.25, 0.3) is 0 Å². The first kappa shape index (κ1) is 15.5. The van der Waals surface area contributed by atoms with E-state index in [4.69, 9.17) is 0 Å². The molecule has 126 valence electrons. The van der Waals surface area contributed by atoms with Crippen molar-refractivity contribution in [1.29, 1.82) is 0 Å². The van der Waals surface area contributed by atoms with Gasteiger partial charge in [0.05, 0.1) is 0 Å². The minimum Gasteiger partial charge on any atom is -0.273 e. The molecule has 0 spiro atoms. The quantitative estimate of drug-likeness (QED) is 0.839. The van der Waals surface area contributed by atoms with Crippen LogP contribution in [0.3, 0.4) is 0 Å². The van der Waals surface area contributed by atoms with Crippen molar-refractivity contribution in [3.63, 3.8) is 0 Å². The molecule has 6 heteroatoms. The number of carbonyl (C=O) groups is 1. The Morgan fingerprint density at radius 1 is 1.22 bits per heavy atom. The number of rotatable bonds is 5. The number of nitrogens with one attached hydrogen (secondary N) is 1. The number of hydrogen-bond acceptors (Lipinski definition) is 4. The standard InChI is InChI=1S/C17H26N4OS/c1-3-23-16-19-18-11(2)21(16)20-15(22)10-17-7-12-4-13(8-17)6-14(5-12)9-17/h12-14H,3-10H2,1-2H3,(H,20,22). The molecular formula is C17H26N4OS. The lowest BCUT2D eigenvalue weighted by molar-refractivity contribution is -0.125. The van der Waals surface area contributed by atoms with Crippen molar-refractivity contribution >= 4 is 17.7 Å². The molecule has 0 unspecified atom stereocenters. The largest absolute Gasteiger partial charge is 0.273 e. The molecule has 0 saturated heterocycles. The Hall–Kier alpha value is -1.04. The molecule has 4 aliphatic rings. The monoisotopic (exact) mass is 334 g/mol. The molecule has 23 heavy (non-hydrogen) atoms. The van der Waals surface area contributed by atoms with Gasteiger partial charge in [0.25, 0.3) is 0 Å². The summed E-state index contributed by atoms with van der Waals surface area (Å²) >= 11 is 1.61. The lowest BCUT2D eigenvalue weighted by Gasteiger charge is -2.56. The Morgan fingerprint density at radius 2 is 1.83 bits per heavy atom. The molecule has 0 radical (unpaired) electrons. The van der Waals surface area contributed by atoms with Crippen LogP contribution in [0.15, 0.2) is 5.16 Å². The highest BCUT2D eigenvalue weighted by atomic mass is 32.2. The number of aryl methyl sites for hydroxylation is 1. The third-order valence-corrected chi connectivity index (χ3v) is 6.82. The first-order valence-corrected chi connectivity index (χ1v) is 9.90. The van der Waals surface area contributed by atoms with Crippen LogP contribution >= 0.6 is 11.8 Å². The zero-order valence-electron chi connectivity index (χ0n) is 14.0. The molecule has 4 fully saturated rings. The molecule has 5 rings (SSSR count). The Balaban J connectivity index is 1.45. The predicted octanol–water partition coefficient (Wildman–Crippen LogP) is 3.38. The molecule has 0 aromatic carbocycles. The van der Waals surface area contributed by atoms with Crippen LogP contribution < -0.4 is 5.43 Å². The van der Waals surface area contributed by atoms with Gasteiger partial charge in [-0.2, -0.15) is 0 Å². The van der Waals surface area contributed by atoms with Crippen LogP contribution in [0.4, 0.5) is 0 Å². The summed E-state index contributed by atoms with van der Waals surface area (Å²) in [6, 6.07) is 0. The van der Waals surface area contributed by atoms with Gasteiger partial charge in [0.15, 0.2) is 0 Å². The average Bonchev–Trinajstić information content (AvgIpc) is 2.78. The van der Waals surface area contributed by atoms with Crippen LogP contribution in [0.1, 0.15) is 57.7 Å². The van der Waals surface area contributed by atoms with Gasteiger partial charge in [0, 0.05) is 6.42 Å². The fraction of sp³-hybridized carbons (Fsp3) is 0.824. The number of aromatic nitrogens is 3. The number of hydrogen-bond donors (Lipinski definition) is 1. The van der Waals surface area contributed by atoms with Crippen molar-refractivity contribution in [2.75, 3.05) is 11.2 Å². The van der Waals surface area contributed by atoms with Crippen molar-refractivity contribution in [2.24, 2.45) is 23.2 Å². The minimum absolute atomic E-state index is 0.132. The highest BCUT2D eigenvalue weighted by Gasteiger charge is 2.51. The van der Waals surface area contributed by atoms with E-state index in [0.29, 0.717) is 6.42 Å². The minimum atomic E-state index is 0.132. The highest BCUT2D eigenvalue weighted by Crippen LogP contribution is 2.61. The average molecular weight is 334 g/mol. The van der Waals surface area contributed by atoms with Gasteiger partial charge in [-0.25, -0.2) is 4.68 Å². The van der Waals surface area contributed by atoms with E-state index in [9.17, 15) is 4.79 Å². The maximum absolute atomic E-state index is 12.7. The fourth-order valence-electron chi connectivity index (χ4n) is 5.71. The lowest BCUT2D eigenvalue weighted by Crippen LogP contribution is -2.47. The van der Waals surface area contributed by atoms with Gasteiger partial charge in [0.1, 0.15) is 5.82 Å². The number of amides is 1. The zero-order chi connectivity index (χ0) is 16.0. The van der Waals surface area contributed by atoms with Gasteiger partial charge >= 0.3 is 0 Å². The van der Waals surface area contributed by atoms with Crippen molar-refractivity contribution in [1.82, 2.24) is 14.9 Å². The van der Waals surface area contributed by atoms with Gasteiger partial charge in [-0.05, 0) is 74.4 Å². The molecule has 1 N–H and O–H groups in total. The van der Waals surface area contributed by atoms with E-state index in [1.807, 2.05) is 6.92 Å². The maximum atomic E-state index is 12.7. The highest BCUT2D eigenvalue weighted by molar-refractivity contribution is 7.99. The van der Waals surface area contributed by atoms with Crippen LogP contribution in [0.5, 0.6) is 0 Å². The molecule has 4 bridgehead atoms. The Morgan fingerprint density at radius 3 is 2.39 bits per heavy atom. The predicted molar refractivity (Wildman–Crippen MR) is 90.7 cm³/mol. The summed E-state index contributed by atoms with van der Waals surface area (Å²) in [5.74, 6) is 4.46. The number of carbonyl (C=O) groups excluding carboxylic acids is 1. The van der Waals surface area contributed by atoms with E-state index in [1.54, 1.807) is 16.4 Å². The summed E-state index contributed by atoms with van der Waals surface area (Å²) in [4.78, 5) is 12.7. The third kappa shape index (κ3) is 2.90. The van der Waals surface area contributed by atoms with E-state index >= 15 is 0 Å². The summed E-state index contributed by atoms with van der Waals surface area (Å²) in [6.07, 6.45) is 8.73. The normalized spacial score (nSPS) is 34.8. The van der Waals surface area contributed by atoms with Gasteiger partial charge in [-0.3, -0.25) is 10.2 Å². The summed E-state index contributed by atoms with van der Waals surface area (Å²) < 4.78 is 1.76. The zero-order valence-corrected chi connectivity index (χ0v) is 14.9. The summed E-state index contributed by atoms with van der Waals surface area (Å²) in [5.41, 5.74) is 3.33. The number of thioether (sulfide) groups is 1. The van der Waals surface area contributed by atoms with E-state index in [1.165, 1.54) is 38.5 Å². The van der Waals surface area contributed by atoms with Crippen molar-refractivity contribution in [3.8, 4) is 0 Å². The maximum Gasteiger partial charge on any atom is 0.239 e. The summed E-state index contributed by atoms with van der Waals surface area (Å²) in [6.45, 7) is 3.97. The van der Waals surface area contributed by atoms with Crippen molar-refractivity contribution in [2.45, 2.75) is 63.9 Å². The first-order valence-electron chi connectivity index (χ1n) is 8.91. The third-order valence-electron chi connectivity index (χ3n) is 6.01. The van der Waals surface area contributed by atoms with Gasteiger partial charge in [0.2, 0.25) is 11.1 Å². The molecular weight excluding hydrogens is 308 g/mol. The Kier molecular flexibility index (Phi) is 3.90. The van der Waals surface area contributed by atoms with E-state index in [0.717, 1.165) is 34.5 Å². The van der Waals surface area contributed by atoms with Gasteiger partial charge < -0.3 is 0 Å². The molecule has 1 aromatic heterocycles. The van der Waals surface area contributed by atoms with Crippen LogP contribution in [0, 0.1) is 30.1 Å². The smallest absolute Gasteiger partial charge is 0.239 e. The SMILES string of the molecule is CCSc1nnc(C)n1NC(=O)CC12CC3CC(CC(C3)C1)C2. The molecule has 1 amide bonds. The second kappa shape index (κ2) is 5.80. The molecule has 1 heterocycles. The second-order valence-corrected chi connectivity index (χ2v) is 9.16.